The van der Waals surface area contributed by atoms with Gasteiger partial charge in [-0.1, -0.05) is 18.2 Å². The average molecular weight is 286 g/mol. The molecule has 1 heterocycles. The molecule has 1 N–H and O–H groups in total. The quantitative estimate of drug-likeness (QED) is 0.884. The second kappa shape index (κ2) is 6.22. The number of hydrogen-bond donors (Lipinski definition) is 1. The molecular formula is C17H19FN2O. The molecule has 0 amide bonds. The number of pyridine rings is 1. The number of aromatic nitrogens is 1. The third-order valence-electron chi connectivity index (χ3n) is 3.68. The number of nitrogens with one attached hydrogen (secondary N) is 1. The van der Waals surface area contributed by atoms with Gasteiger partial charge in [0, 0.05) is 24.3 Å². The van der Waals surface area contributed by atoms with Crippen LogP contribution in [-0.4, -0.2) is 11.0 Å². The summed E-state index contributed by atoms with van der Waals surface area (Å²) in [7, 11) is 0. The van der Waals surface area contributed by atoms with Crippen LogP contribution in [-0.2, 0) is 13.2 Å². The number of hydrogen-bond acceptors (Lipinski definition) is 3. The molecule has 1 aliphatic carbocycles. The summed E-state index contributed by atoms with van der Waals surface area (Å²) in [5.41, 5.74) is 2.74. The zero-order valence-corrected chi connectivity index (χ0v) is 12.1. The first-order valence-electron chi connectivity index (χ1n) is 7.28. The van der Waals surface area contributed by atoms with Crippen molar-refractivity contribution >= 4 is 0 Å². The molecule has 1 aliphatic rings. The topological polar surface area (TPSA) is 34.1 Å². The minimum Gasteiger partial charge on any atom is -0.484 e. The van der Waals surface area contributed by atoms with Gasteiger partial charge < -0.3 is 10.1 Å². The molecule has 0 unspecified atom stereocenters. The first-order chi connectivity index (χ1) is 10.2. The van der Waals surface area contributed by atoms with Gasteiger partial charge in [0.05, 0.1) is 5.69 Å². The van der Waals surface area contributed by atoms with Crippen LogP contribution in [0.3, 0.4) is 0 Å². The Kier molecular flexibility index (Phi) is 4.15. The molecule has 3 nitrogen and oxygen atoms in total. The number of benzene rings is 1. The predicted octanol–water partition coefficient (Wildman–Crippen LogP) is 3.36. The van der Waals surface area contributed by atoms with Crippen LogP contribution in [0.5, 0.6) is 5.75 Å². The molecule has 1 saturated carbocycles. The van der Waals surface area contributed by atoms with E-state index in [0.29, 0.717) is 18.3 Å². The van der Waals surface area contributed by atoms with E-state index in [4.69, 9.17) is 4.74 Å². The van der Waals surface area contributed by atoms with Gasteiger partial charge in [0.2, 0.25) is 0 Å². The number of aryl methyl sites for hydroxylation is 1. The van der Waals surface area contributed by atoms with E-state index >= 15 is 0 Å². The molecule has 0 atom stereocenters. The monoisotopic (exact) mass is 286 g/mol. The Morgan fingerprint density at radius 3 is 2.90 bits per heavy atom. The Balaban J connectivity index is 1.72. The van der Waals surface area contributed by atoms with Crippen molar-refractivity contribution in [2.45, 2.75) is 39.0 Å². The van der Waals surface area contributed by atoms with E-state index in [1.165, 1.54) is 18.9 Å². The molecule has 4 heteroatoms. The van der Waals surface area contributed by atoms with Crippen LogP contribution in [0.4, 0.5) is 4.39 Å². The van der Waals surface area contributed by atoms with Crippen molar-refractivity contribution in [1.82, 2.24) is 10.3 Å². The predicted molar refractivity (Wildman–Crippen MR) is 79.6 cm³/mol. The van der Waals surface area contributed by atoms with Gasteiger partial charge >= 0.3 is 0 Å². The minimum absolute atomic E-state index is 0.282. The largest absolute Gasteiger partial charge is 0.484 e. The molecule has 110 valence electrons. The average Bonchev–Trinajstić information content (AvgIpc) is 3.30. The molecular weight excluding hydrogens is 267 g/mol. The third-order valence-corrected chi connectivity index (χ3v) is 3.68. The Morgan fingerprint density at radius 1 is 1.29 bits per heavy atom. The van der Waals surface area contributed by atoms with Crippen molar-refractivity contribution in [3.05, 3.63) is 59.2 Å². The van der Waals surface area contributed by atoms with Crippen LogP contribution < -0.4 is 10.1 Å². The summed E-state index contributed by atoms with van der Waals surface area (Å²) < 4.78 is 19.7. The second-order valence-corrected chi connectivity index (χ2v) is 5.44. The summed E-state index contributed by atoms with van der Waals surface area (Å²) in [6.45, 7) is 2.89. The van der Waals surface area contributed by atoms with E-state index in [1.54, 1.807) is 12.3 Å². The smallest absolute Gasteiger partial charge is 0.165 e. The summed E-state index contributed by atoms with van der Waals surface area (Å²) in [6.07, 6.45) is 4.14. The van der Waals surface area contributed by atoms with Gasteiger partial charge in [0.1, 0.15) is 6.61 Å². The number of nitrogens with zero attached hydrogens (tertiary/aromatic N) is 1. The molecule has 0 aliphatic heterocycles. The summed E-state index contributed by atoms with van der Waals surface area (Å²) in [6, 6.07) is 9.49. The van der Waals surface area contributed by atoms with Crippen LogP contribution in [0, 0.1) is 12.7 Å². The highest BCUT2D eigenvalue weighted by Crippen LogP contribution is 2.26. The zero-order valence-electron chi connectivity index (χ0n) is 12.1. The van der Waals surface area contributed by atoms with Crippen molar-refractivity contribution in [3.8, 4) is 5.75 Å². The Labute approximate surface area is 124 Å². The van der Waals surface area contributed by atoms with Gasteiger partial charge in [-0.05, 0) is 37.5 Å². The first-order valence-corrected chi connectivity index (χ1v) is 7.28. The lowest BCUT2D eigenvalue weighted by Gasteiger charge is -2.13. The SMILES string of the molecule is Cc1cccnc1COc1c(F)cccc1CNC1CC1. The van der Waals surface area contributed by atoms with Crippen molar-refractivity contribution in [1.29, 1.82) is 0 Å². The van der Waals surface area contributed by atoms with Crippen LogP contribution in [0.15, 0.2) is 36.5 Å². The van der Waals surface area contributed by atoms with Crippen molar-refractivity contribution in [2.75, 3.05) is 0 Å². The van der Waals surface area contributed by atoms with E-state index in [0.717, 1.165) is 16.8 Å². The van der Waals surface area contributed by atoms with Crippen molar-refractivity contribution in [2.24, 2.45) is 0 Å². The number of halogens is 1. The Bertz CT molecular complexity index is 626. The molecule has 21 heavy (non-hydrogen) atoms. The van der Waals surface area contributed by atoms with Crippen LogP contribution >= 0.6 is 0 Å². The third kappa shape index (κ3) is 3.58. The van der Waals surface area contributed by atoms with E-state index in [9.17, 15) is 4.39 Å². The fraction of sp³-hybridized carbons (Fsp3) is 0.353. The molecule has 0 bridgehead atoms. The first kappa shape index (κ1) is 14.0. The summed E-state index contributed by atoms with van der Waals surface area (Å²) >= 11 is 0. The lowest BCUT2D eigenvalue weighted by Crippen LogP contribution is -2.16. The molecule has 1 fully saturated rings. The van der Waals surface area contributed by atoms with Gasteiger partial charge in [0.25, 0.3) is 0 Å². The van der Waals surface area contributed by atoms with E-state index < -0.39 is 0 Å². The molecule has 2 aromatic rings. The van der Waals surface area contributed by atoms with E-state index in [1.807, 2.05) is 25.1 Å². The highest BCUT2D eigenvalue weighted by Gasteiger charge is 2.21. The lowest BCUT2D eigenvalue weighted by atomic mass is 10.2. The van der Waals surface area contributed by atoms with Gasteiger partial charge in [-0.3, -0.25) is 4.98 Å². The normalized spacial score (nSPS) is 14.2. The minimum atomic E-state index is -0.321. The van der Waals surface area contributed by atoms with Gasteiger partial charge in [-0.25, -0.2) is 4.39 Å². The van der Waals surface area contributed by atoms with Gasteiger partial charge in [-0.2, -0.15) is 0 Å². The fourth-order valence-electron chi connectivity index (χ4n) is 2.21. The van der Waals surface area contributed by atoms with Crippen molar-refractivity contribution < 1.29 is 9.13 Å². The van der Waals surface area contributed by atoms with E-state index in [2.05, 4.69) is 10.3 Å². The van der Waals surface area contributed by atoms with E-state index in [-0.39, 0.29) is 12.4 Å². The highest BCUT2D eigenvalue weighted by atomic mass is 19.1. The Hall–Kier alpha value is -1.94. The molecule has 1 aromatic heterocycles. The number of rotatable bonds is 6. The van der Waals surface area contributed by atoms with Crippen LogP contribution in [0.1, 0.15) is 29.7 Å². The molecule has 3 rings (SSSR count). The molecule has 0 spiro atoms. The zero-order chi connectivity index (χ0) is 14.7. The maximum absolute atomic E-state index is 14.0. The standard InChI is InChI=1S/C17H19FN2O/c1-12-4-3-9-19-16(12)11-21-17-13(5-2-6-15(17)18)10-20-14-7-8-14/h2-6,9,14,20H,7-8,10-11H2,1H3. The summed E-state index contributed by atoms with van der Waals surface area (Å²) in [5.74, 6) is 0.00869. The number of para-hydroxylation sites is 1. The maximum atomic E-state index is 14.0. The molecule has 0 radical (unpaired) electrons. The number of ether oxygens (including phenoxy) is 1. The fourth-order valence-corrected chi connectivity index (χ4v) is 2.21. The van der Waals surface area contributed by atoms with Gasteiger partial charge in [-0.15, -0.1) is 0 Å². The summed E-state index contributed by atoms with van der Waals surface area (Å²) in [4.78, 5) is 4.27. The van der Waals surface area contributed by atoms with Gasteiger partial charge in [0.15, 0.2) is 11.6 Å². The molecule has 1 aromatic carbocycles. The van der Waals surface area contributed by atoms with Crippen LogP contribution in [0.25, 0.3) is 0 Å². The second-order valence-electron chi connectivity index (χ2n) is 5.44. The highest BCUT2D eigenvalue weighted by molar-refractivity contribution is 5.35. The van der Waals surface area contributed by atoms with Crippen LogP contribution in [0.2, 0.25) is 0 Å². The Morgan fingerprint density at radius 2 is 2.14 bits per heavy atom. The molecule has 0 saturated heterocycles. The maximum Gasteiger partial charge on any atom is 0.165 e. The van der Waals surface area contributed by atoms with Crippen molar-refractivity contribution in [3.63, 3.8) is 0 Å². The lowest BCUT2D eigenvalue weighted by molar-refractivity contribution is 0.281. The summed E-state index contributed by atoms with van der Waals surface area (Å²) in [5, 5.41) is 3.39.